The van der Waals surface area contributed by atoms with Crippen LogP contribution in [0.25, 0.3) is 20.9 Å². The fraction of sp³-hybridized carbons (Fsp3) is 0. The Bertz CT molecular complexity index is 1060. The number of nitrogens with zero attached hydrogens (tertiary/aromatic N) is 2. The van der Waals surface area contributed by atoms with E-state index in [4.69, 9.17) is 11.6 Å². The van der Waals surface area contributed by atoms with Crippen LogP contribution in [0, 0.1) is 5.82 Å². The zero-order chi connectivity index (χ0) is 18.1. The average Bonchev–Trinajstić information content (AvgIpc) is 3.06. The molecule has 0 saturated carbocycles. The van der Waals surface area contributed by atoms with Gasteiger partial charge in [0.25, 0.3) is 5.91 Å². The molecule has 4 rings (SSSR count). The van der Waals surface area contributed by atoms with E-state index in [0.29, 0.717) is 5.69 Å². The van der Waals surface area contributed by atoms with Gasteiger partial charge in [0.2, 0.25) is 0 Å². The van der Waals surface area contributed by atoms with Gasteiger partial charge in [-0.15, -0.1) is 0 Å². The molecule has 2 aromatic carbocycles. The van der Waals surface area contributed by atoms with Gasteiger partial charge < -0.3 is 5.32 Å². The van der Waals surface area contributed by atoms with Crippen LogP contribution in [0.4, 0.5) is 10.1 Å². The third-order valence-corrected chi connectivity index (χ3v) is 5.09. The molecule has 1 amide bonds. The lowest BCUT2D eigenvalue weighted by atomic mass is 10.1. The third kappa shape index (κ3) is 3.16. The van der Waals surface area contributed by atoms with Crippen LogP contribution in [0.15, 0.2) is 60.8 Å². The number of carbonyl (C=O) groups is 1. The van der Waals surface area contributed by atoms with Gasteiger partial charge in [-0.1, -0.05) is 29.0 Å². The number of hydrogen-bond donors (Lipinski definition) is 1. The number of carbonyl (C=O) groups excluding carboxylic acids is 1. The Labute approximate surface area is 157 Å². The molecule has 128 valence electrons. The molecule has 0 saturated heterocycles. The first-order chi connectivity index (χ1) is 12.6. The SMILES string of the molecule is O=C(Nc1ccc(-c2nc3cccnc3s2)cc1)c1c(F)cccc1Cl. The zero-order valence-corrected chi connectivity index (χ0v) is 14.8. The topological polar surface area (TPSA) is 54.9 Å². The van der Waals surface area contributed by atoms with Crippen LogP contribution in [0.5, 0.6) is 0 Å². The van der Waals surface area contributed by atoms with Crippen LogP contribution in [0.1, 0.15) is 10.4 Å². The lowest BCUT2D eigenvalue weighted by molar-refractivity contribution is 0.102. The molecule has 0 fully saturated rings. The fourth-order valence-corrected chi connectivity index (χ4v) is 3.66. The summed E-state index contributed by atoms with van der Waals surface area (Å²) in [5.41, 5.74) is 2.13. The van der Waals surface area contributed by atoms with Gasteiger partial charge in [-0.05, 0) is 48.5 Å². The number of fused-ring (bicyclic) bond motifs is 1. The van der Waals surface area contributed by atoms with E-state index in [1.165, 1.54) is 29.5 Å². The predicted octanol–water partition coefficient (Wildman–Crippen LogP) is 5.40. The maximum absolute atomic E-state index is 13.8. The van der Waals surface area contributed by atoms with Gasteiger partial charge in [0.05, 0.1) is 10.6 Å². The van der Waals surface area contributed by atoms with E-state index >= 15 is 0 Å². The van der Waals surface area contributed by atoms with Crippen molar-refractivity contribution in [2.24, 2.45) is 0 Å². The highest BCUT2D eigenvalue weighted by Gasteiger charge is 2.16. The Morgan fingerprint density at radius 1 is 1.08 bits per heavy atom. The summed E-state index contributed by atoms with van der Waals surface area (Å²) in [5.74, 6) is -1.25. The monoisotopic (exact) mass is 383 g/mol. The Balaban J connectivity index is 1.57. The van der Waals surface area contributed by atoms with E-state index in [0.717, 1.165) is 20.9 Å². The highest BCUT2D eigenvalue weighted by Crippen LogP contribution is 2.29. The molecule has 0 aliphatic rings. The number of nitrogens with one attached hydrogen (secondary N) is 1. The van der Waals surface area contributed by atoms with Gasteiger partial charge in [0.1, 0.15) is 21.2 Å². The van der Waals surface area contributed by atoms with E-state index in [1.54, 1.807) is 18.3 Å². The van der Waals surface area contributed by atoms with Crippen molar-refractivity contribution in [1.29, 1.82) is 0 Å². The van der Waals surface area contributed by atoms with E-state index < -0.39 is 11.7 Å². The summed E-state index contributed by atoms with van der Waals surface area (Å²) in [6, 6.07) is 15.0. The van der Waals surface area contributed by atoms with Crippen LogP contribution in [0.2, 0.25) is 5.02 Å². The van der Waals surface area contributed by atoms with Crippen LogP contribution in [-0.2, 0) is 0 Å². The maximum Gasteiger partial charge on any atom is 0.260 e. The minimum Gasteiger partial charge on any atom is -0.322 e. The molecule has 0 bridgehead atoms. The first-order valence-corrected chi connectivity index (χ1v) is 8.88. The number of amides is 1. The summed E-state index contributed by atoms with van der Waals surface area (Å²) < 4.78 is 13.8. The van der Waals surface area contributed by atoms with Crippen molar-refractivity contribution in [2.75, 3.05) is 5.32 Å². The molecule has 4 nitrogen and oxygen atoms in total. The van der Waals surface area contributed by atoms with Gasteiger partial charge in [-0.2, -0.15) is 0 Å². The van der Waals surface area contributed by atoms with Crippen molar-refractivity contribution < 1.29 is 9.18 Å². The van der Waals surface area contributed by atoms with Gasteiger partial charge in [-0.25, -0.2) is 14.4 Å². The summed E-state index contributed by atoms with van der Waals surface area (Å²) in [4.78, 5) is 22.0. The van der Waals surface area contributed by atoms with E-state index in [2.05, 4.69) is 15.3 Å². The highest BCUT2D eigenvalue weighted by atomic mass is 35.5. The molecule has 7 heteroatoms. The molecule has 0 aliphatic heterocycles. The molecular weight excluding hydrogens is 373 g/mol. The Morgan fingerprint density at radius 3 is 2.62 bits per heavy atom. The van der Waals surface area contributed by atoms with Gasteiger partial charge >= 0.3 is 0 Å². The van der Waals surface area contributed by atoms with Crippen LogP contribution in [0.3, 0.4) is 0 Å². The highest BCUT2D eigenvalue weighted by molar-refractivity contribution is 7.21. The van der Waals surface area contributed by atoms with E-state index in [9.17, 15) is 9.18 Å². The number of halogens is 2. The Morgan fingerprint density at radius 2 is 1.88 bits per heavy atom. The summed E-state index contributed by atoms with van der Waals surface area (Å²) in [5, 5.41) is 3.56. The first-order valence-electron chi connectivity index (χ1n) is 7.69. The molecule has 1 N–H and O–H groups in total. The van der Waals surface area contributed by atoms with Crippen molar-refractivity contribution in [3.63, 3.8) is 0 Å². The number of aromatic nitrogens is 2. The maximum atomic E-state index is 13.8. The van der Waals surface area contributed by atoms with E-state index in [1.807, 2.05) is 24.3 Å². The summed E-state index contributed by atoms with van der Waals surface area (Å²) in [6.45, 7) is 0. The fourth-order valence-electron chi connectivity index (χ4n) is 2.50. The van der Waals surface area contributed by atoms with Crippen LogP contribution >= 0.6 is 22.9 Å². The molecule has 0 radical (unpaired) electrons. The molecule has 0 unspecified atom stereocenters. The third-order valence-electron chi connectivity index (χ3n) is 3.75. The van der Waals surface area contributed by atoms with Crippen LogP contribution in [-0.4, -0.2) is 15.9 Å². The smallest absolute Gasteiger partial charge is 0.260 e. The molecule has 0 atom stereocenters. The predicted molar refractivity (Wildman–Crippen MR) is 102 cm³/mol. The second-order valence-corrected chi connectivity index (χ2v) is 6.86. The Hall–Kier alpha value is -2.83. The number of anilines is 1. The van der Waals surface area contributed by atoms with Gasteiger partial charge in [-0.3, -0.25) is 4.79 Å². The van der Waals surface area contributed by atoms with E-state index in [-0.39, 0.29) is 10.6 Å². The zero-order valence-electron chi connectivity index (χ0n) is 13.2. The normalized spacial score (nSPS) is 10.8. The number of thiazole rings is 1. The average molecular weight is 384 g/mol. The number of rotatable bonds is 3. The first kappa shape index (κ1) is 16.6. The second kappa shape index (κ2) is 6.82. The standard InChI is InChI=1S/C19H11ClFN3OS/c20-13-3-1-4-14(21)16(13)17(25)23-12-8-6-11(7-9-12)18-24-15-5-2-10-22-19(15)26-18/h1-10H,(H,23,25). The minimum absolute atomic E-state index is 0.0705. The minimum atomic E-state index is -0.659. The van der Waals surface area contributed by atoms with Crippen molar-refractivity contribution in [1.82, 2.24) is 9.97 Å². The molecule has 26 heavy (non-hydrogen) atoms. The van der Waals surface area contributed by atoms with Crippen molar-refractivity contribution in [2.45, 2.75) is 0 Å². The van der Waals surface area contributed by atoms with Crippen molar-refractivity contribution >= 4 is 44.9 Å². The number of hydrogen-bond acceptors (Lipinski definition) is 4. The molecule has 4 aromatic rings. The molecule has 0 aliphatic carbocycles. The lowest BCUT2D eigenvalue weighted by Crippen LogP contribution is -2.14. The van der Waals surface area contributed by atoms with Gasteiger partial charge in [0.15, 0.2) is 0 Å². The van der Waals surface area contributed by atoms with Crippen molar-refractivity contribution in [3.05, 3.63) is 77.2 Å². The summed E-state index contributed by atoms with van der Waals surface area (Å²) >= 11 is 7.42. The van der Waals surface area contributed by atoms with Crippen LogP contribution < -0.4 is 5.32 Å². The van der Waals surface area contributed by atoms with Crippen molar-refractivity contribution in [3.8, 4) is 10.6 Å². The Kier molecular flexibility index (Phi) is 4.36. The summed E-state index contributed by atoms with van der Waals surface area (Å²) in [6.07, 6.45) is 1.73. The quantitative estimate of drug-likeness (QED) is 0.515. The molecule has 0 spiro atoms. The second-order valence-electron chi connectivity index (χ2n) is 5.47. The lowest BCUT2D eigenvalue weighted by Gasteiger charge is -2.08. The van der Waals surface area contributed by atoms with Gasteiger partial charge in [0, 0.05) is 17.4 Å². The molecule has 2 aromatic heterocycles. The molecule has 2 heterocycles. The summed E-state index contributed by atoms with van der Waals surface area (Å²) in [7, 11) is 0. The molecular formula is C19H11ClFN3OS. The number of pyridine rings is 1. The largest absolute Gasteiger partial charge is 0.322 e. The number of benzene rings is 2.